The van der Waals surface area contributed by atoms with Gasteiger partial charge >= 0.3 is 0 Å². The third-order valence-corrected chi connectivity index (χ3v) is 2.85. The van der Waals surface area contributed by atoms with Gasteiger partial charge in [-0.3, -0.25) is 0 Å². The lowest BCUT2D eigenvalue weighted by molar-refractivity contribution is 0.198. The number of hydrogen-bond donors (Lipinski definition) is 2. The fraction of sp³-hybridized carbons (Fsp3) is 0.600. The molecule has 1 unspecified atom stereocenters. The van der Waals surface area contributed by atoms with Gasteiger partial charge in [-0.1, -0.05) is 18.2 Å². The fourth-order valence-electron chi connectivity index (χ4n) is 1.80. The van der Waals surface area contributed by atoms with Gasteiger partial charge < -0.3 is 20.1 Å². The maximum atomic E-state index is 5.61. The molecule has 0 fully saturated rings. The standard InChI is InChI=1S/C15H26N2O2/c1-4-19-15-8-6-5-7-14(15)12-17-13(2)11-16-9-10-18-3/h5-8,13,16-17H,4,9-12H2,1-3H3. The van der Waals surface area contributed by atoms with E-state index in [2.05, 4.69) is 23.6 Å². The van der Waals surface area contributed by atoms with Crippen molar-refractivity contribution in [1.29, 1.82) is 0 Å². The van der Waals surface area contributed by atoms with Gasteiger partial charge in [0.15, 0.2) is 0 Å². The maximum absolute atomic E-state index is 5.61. The zero-order valence-corrected chi connectivity index (χ0v) is 12.2. The van der Waals surface area contributed by atoms with Crippen LogP contribution in [0.2, 0.25) is 0 Å². The average Bonchev–Trinajstić information content (AvgIpc) is 2.43. The van der Waals surface area contributed by atoms with Gasteiger partial charge in [0.1, 0.15) is 5.75 Å². The molecule has 1 atom stereocenters. The minimum Gasteiger partial charge on any atom is -0.494 e. The van der Waals surface area contributed by atoms with Crippen LogP contribution in [0.5, 0.6) is 5.75 Å². The second-order valence-electron chi connectivity index (χ2n) is 4.52. The second kappa shape index (κ2) is 9.78. The molecule has 2 N–H and O–H groups in total. The summed E-state index contributed by atoms with van der Waals surface area (Å²) in [7, 11) is 1.72. The smallest absolute Gasteiger partial charge is 0.123 e. The molecular weight excluding hydrogens is 240 g/mol. The Morgan fingerprint density at radius 2 is 2.05 bits per heavy atom. The number of nitrogens with one attached hydrogen (secondary N) is 2. The Hall–Kier alpha value is -1.10. The molecule has 4 heteroatoms. The van der Waals surface area contributed by atoms with Crippen LogP contribution < -0.4 is 15.4 Å². The Kier molecular flexibility index (Phi) is 8.21. The summed E-state index contributed by atoms with van der Waals surface area (Å²) in [5, 5.41) is 6.83. The monoisotopic (exact) mass is 266 g/mol. The zero-order valence-electron chi connectivity index (χ0n) is 12.2. The summed E-state index contributed by atoms with van der Waals surface area (Å²) in [6, 6.07) is 8.57. The molecule has 0 aliphatic heterocycles. The van der Waals surface area contributed by atoms with Crippen molar-refractivity contribution in [1.82, 2.24) is 10.6 Å². The molecule has 0 aliphatic rings. The van der Waals surface area contributed by atoms with Crippen LogP contribution in [-0.4, -0.2) is 39.5 Å². The Morgan fingerprint density at radius 3 is 2.79 bits per heavy atom. The van der Waals surface area contributed by atoms with Crippen molar-refractivity contribution < 1.29 is 9.47 Å². The lowest BCUT2D eigenvalue weighted by Gasteiger charge is -2.16. The van der Waals surface area contributed by atoms with Crippen LogP contribution in [0.25, 0.3) is 0 Å². The first-order valence-electron chi connectivity index (χ1n) is 6.91. The number of methoxy groups -OCH3 is 1. The number of benzene rings is 1. The lowest BCUT2D eigenvalue weighted by Crippen LogP contribution is -2.37. The lowest BCUT2D eigenvalue weighted by atomic mass is 10.2. The molecule has 0 spiro atoms. The van der Waals surface area contributed by atoms with Crippen LogP contribution >= 0.6 is 0 Å². The van der Waals surface area contributed by atoms with Crippen molar-refractivity contribution in [3.05, 3.63) is 29.8 Å². The molecule has 0 amide bonds. The van der Waals surface area contributed by atoms with E-state index in [4.69, 9.17) is 9.47 Å². The first kappa shape index (κ1) is 16.0. The van der Waals surface area contributed by atoms with Crippen molar-refractivity contribution in [2.24, 2.45) is 0 Å². The summed E-state index contributed by atoms with van der Waals surface area (Å²) in [6.07, 6.45) is 0. The predicted octanol–water partition coefficient (Wildman–Crippen LogP) is 1.80. The molecule has 1 aromatic carbocycles. The molecule has 108 valence electrons. The number of hydrogen-bond acceptors (Lipinski definition) is 4. The minimum absolute atomic E-state index is 0.409. The highest BCUT2D eigenvalue weighted by molar-refractivity contribution is 5.33. The topological polar surface area (TPSA) is 42.5 Å². The van der Waals surface area contributed by atoms with Crippen molar-refractivity contribution in [3.63, 3.8) is 0 Å². The van der Waals surface area contributed by atoms with E-state index in [1.807, 2.05) is 25.1 Å². The third kappa shape index (κ3) is 6.57. The molecule has 0 radical (unpaired) electrons. The van der Waals surface area contributed by atoms with E-state index in [1.165, 1.54) is 5.56 Å². The van der Waals surface area contributed by atoms with E-state index >= 15 is 0 Å². The molecule has 0 aromatic heterocycles. The van der Waals surface area contributed by atoms with Crippen LogP contribution in [0.3, 0.4) is 0 Å². The molecule has 1 rings (SSSR count). The first-order chi connectivity index (χ1) is 9.27. The third-order valence-electron chi connectivity index (χ3n) is 2.85. The summed E-state index contributed by atoms with van der Waals surface area (Å²) in [5.41, 5.74) is 1.20. The Balaban J connectivity index is 2.31. The molecular formula is C15H26N2O2. The van der Waals surface area contributed by atoms with E-state index in [-0.39, 0.29) is 0 Å². The van der Waals surface area contributed by atoms with E-state index < -0.39 is 0 Å². The van der Waals surface area contributed by atoms with Gasteiger partial charge in [0.2, 0.25) is 0 Å². The molecule has 4 nitrogen and oxygen atoms in total. The fourth-order valence-corrected chi connectivity index (χ4v) is 1.80. The SMILES string of the molecule is CCOc1ccccc1CNC(C)CNCCOC. The molecule has 0 aliphatic carbocycles. The Bertz CT molecular complexity index is 345. The minimum atomic E-state index is 0.409. The second-order valence-corrected chi connectivity index (χ2v) is 4.52. The maximum Gasteiger partial charge on any atom is 0.123 e. The molecule has 0 saturated heterocycles. The van der Waals surface area contributed by atoms with Gasteiger partial charge in [0.05, 0.1) is 13.2 Å². The summed E-state index contributed by atoms with van der Waals surface area (Å²) < 4.78 is 10.6. The zero-order chi connectivity index (χ0) is 13.9. The molecule has 19 heavy (non-hydrogen) atoms. The average molecular weight is 266 g/mol. The van der Waals surface area contributed by atoms with E-state index in [1.54, 1.807) is 7.11 Å². The number of ether oxygens (including phenoxy) is 2. The van der Waals surface area contributed by atoms with Gasteiger partial charge in [-0.25, -0.2) is 0 Å². The highest BCUT2D eigenvalue weighted by Gasteiger charge is 2.05. The van der Waals surface area contributed by atoms with Crippen LogP contribution in [-0.2, 0) is 11.3 Å². The summed E-state index contributed by atoms with van der Waals surface area (Å²) in [6.45, 7) is 8.27. The van der Waals surface area contributed by atoms with Gasteiger partial charge in [-0.2, -0.15) is 0 Å². The summed E-state index contributed by atoms with van der Waals surface area (Å²) >= 11 is 0. The highest BCUT2D eigenvalue weighted by Crippen LogP contribution is 2.17. The van der Waals surface area contributed by atoms with Gasteiger partial charge in [-0.05, 0) is 19.9 Å². The molecule has 1 aromatic rings. The van der Waals surface area contributed by atoms with Crippen LogP contribution in [0.4, 0.5) is 0 Å². The largest absolute Gasteiger partial charge is 0.494 e. The van der Waals surface area contributed by atoms with Crippen molar-refractivity contribution in [2.45, 2.75) is 26.4 Å². The van der Waals surface area contributed by atoms with E-state index in [0.717, 1.165) is 32.0 Å². The van der Waals surface area contributed by atoms with Crippen LogP contribution in [0.15, 0.2) is 24.3 Å². The van der Waals surface area contributed by atoms with Gasteiger partial charge in [-0.15, -0.1) is 0 Å². The molecule has 0 bridgehead atoms. The van der Waals surface area contributed by atoms with E-state index in [9.17, 15) is 0 Å². The Morgan fingerprint density at radius 1 is 1.26 bits per heavy atom. The normalized spacial score (nSPS) is 12.4. The predicted molar refractivity (Wildman–Crippen MR) is 78.7 cm³/mol. The number of para-hydroxylation sites is 1. The molecule has 0 heterocycles. The van der Waals surface area contributed by atoms with Crippen molar-refractivity contribution in [2.75, 3.05) is 33.4 Å². The van der Waals surface area contributed by atoms with Crippen LogP contribution in [0, 0.1) is 0 Å². The first-order valence-corrected chi connectivity index (χ1v) is 6.91. The van der Waals surface area contributed by atoms with Crippen molar-refractivity contribution >= 4 is 0 Å². The molecule has 0 saturated carbocycles. The van der Waals surface area contributed by atoms with Crippen molar-refractivity contribution in [3.8, 4) is 5.75 Å². The van der Waals surface area contributed by atoms with Gasteiger partial charge in [0.25, 0.3) is 0 Å². The quantitative estimate of drug-likeness (QED) is 0.634. The number of rotatable bonds is 10. The summed E-state index contributed by atoms with van der Waals surface area (Å²) in [5.74, 6) is 0.969. The highest BCUT2D eigenvalue weighted by atomic mass is 16.5. The Labute approximate surface area is 116 Å². The van der Waals surface area contributed by atoms with Crippen LogP contribution in [0.1, 0.15) is 19.4 Å². The van der Waals surface area contributed by atoms with Gasteiger partial charge in [0, 0.05) is 38.3 Å². The van der Waals surface area contributed by atoms with E-state index in [0.29, 0.717) is 12.6 Å². The summed E-state index contributed by atoms with van der Waals surface area (Å²) in [4.78, 5) is 0.